The minimum atomic E-state index is 0.0986. The summed E-state index contributed by atoms with van der Waals surface area (Å²) in [6.45, 7) is 4.26. The van der Waals surface area contributed by atoms with Gasteiger partial charge in [0.2, 0.25) is 0 Å². The van der Waals surface area contributed by atoms with Crippen molar-refractivity contribution in [1.29, 1.82) is 0 Å². The molecule has 1 aromatic carbocycles. The van der Waals surface area contributed by atoms with E-state index in [1.165, 1.54) is 5.56 Å². The molecule has 0 radical (unpaired) electrons. The molecular weight excluding hydrogens is 152 g/mol. The Morgan fingerprint density at radius 3 is 2.18 bits per heavy atom. The Bertz CT molecular complexity index is 208. The highest BCUT2D eigenvalue weighted by atomic mass is 32.1. The molecule has 0 amide bonds. The van der Waals surface area contributed by atoms with Gasteiger partial charge in [0.15, 0.2) is 0 Å². The third-order valence-electron chi connectivity index (χ3n) is 1.48. The van der Waals surface area contributed by atoms with Crippen molar-refractivity contribution in [3.8, 4) is 0 Å². The van der Waals surface area contributed by atoms with Gasteiger partial charge in [-0.05, 0) is 12.0 Å². The van der Waals surface area contributed by atoms with Gasteiger partial charge in [-0.2, -0.15) is 12.6 Å². The van der Waals surface area contributed by atoms with E-state index in [2.05, 4.69) is 50.7 Å². The highest BCUT2D eigenvalue weighted by Gasteiger charge is 2.11. The van der Waals surface area contributed by atoms with E-state index in [1.807, 2.05) is 6.07 Å². The molecule has 0 N–H and O–H groups in total. The fourth-order valence-corrected chi connectivity index (χ4v) is 1.28. The lowest BCUT2D eigenvalue weighted by molar-refractivity contribution is 0.715. The predicted octanol–water partition coefficient (Wildman–Crippen LogP) is 2.94. The zero-order valence-electron chi connectivity index (χ0n) is 7.04. The molecule has 0 aliphatic carbocycles. The van der Waals surface area contributed by atoms with E-state index < -0.39 is 0 Å². The van der Waals surface area contributed by atoms with Crippen LogP contribution in [-0.2, 0) is 6.42 Å². The van der Waals surface area contributed by atoms with Crippen molar-refractivity contribution in [3.63, 3.8) is 0 Å². The summed E-state index contributed by atoms with van der Waals surface area (Å²) in [4.78, 5) is 0. The minimum absolute atomic E-state index is 0.0986. The maximum atomic E-state index is 4.47. The highest BCUT2D eigenvalue weighted by molar-refractivity contribution is 7.81. The number of thiol groups is 1. The zero-order valence-corrected chi connectivity index (χ0v) is 7.94. The van der Waals surface area contributed by atoms with Crippen LogP contribution in [0.5, 0.6) is 0 Å². The van der Waals surface area contributed by atoms with Crippen LogP contribution in [0.4, 0.5) is 0 Å². The smallest absolute Gasteiger partial charge is 0.0113 e. The van der Waals surface area contributed by atoms with E-state index in [0.717, 1.165) is 6.42 Å². The van der Waals surface area contributed by atoms with Crippen molar-refractivity contribution in [1.82, 2.24) is 0 Å². The van der Waals surface area contributed by atoms with E-state index >= 15 is 0 Å². The van der Waals surface area contributed by atoms with Crippen LogP contribution >= 0.6 is 12.6 Å². The quantitative estimate of drug-likeness (QED) is 0.642. The molecule has 0 atom stereocenters. The second-order valence-electron chi connectivity index (χ2n) is 3.47. The van der Waals surface area contributed by atoms with Gasteiger partial charge >= 0.3 is 0 Å². The first kappa shape index (κ1) is 8.66. The van der Waals surface area contributed by atoms with Crippen molar-refractivity contribution in [2.24, 2.45) is 0 Å². The highest BCUT2D eigenvalue weighted by Crippen LogP contribution is 2.18. The van der Waals surface area contributed by atoms with Gasteiger partial charge in [-0.3, -0.25) is 0 Å². The molecule has 0 saturated heterocycles. The molecule has 0 aliphatic rings. The van der Waals surface area contributed by atoms with Crippen LogP contribution in [0.25, 0.3) is 0 Å². The molecule has 1 aromatic rings. The summed E-state index contributed by atoms with van der Waals surface area (Å²) < 4.78 is 0.0986. The number of hydrogen-bond acceptors (Lipinski definition) is 1. The van der Waals surface area contributed by atoms with Crippen molar-refractivity contribution in [3.05, 3.63) is 35.9 Å². The Hall–Kier alpha value is -0.430. The lowest BCUT2D eigenvalue weighted by Crippen LogP contribution is -2.13. The SMILES string of the molecule is CC(C)(S)Cc1ccccc1. The van der Waals surface area contributed by atoms with Crippen LogP contribution in [-0.4, -0.2) is 4.75 Å². The van der Waals surface area contributed by atoms with Crippen LogP contribution in [0.3, 0.4) is 0 Å². The zero-order chi connectivity index (χ0) is 8.32. The monoisotopic (exact) mass is 166 g/mol. The van der Waals surface area contributed by atoms with Gasteiger partial charge < -0.3 is 0 Å². The molecule has 0 unspecified atom stereocenters. The van der Waals surface area contributed by atoms with Crippen molar-refractivity contribution >= 4 is 12.6 Å². The van der Waals surface area contributed by atoms with E-state index in [-0.39, 0.29) is 4.75 Å². The fourth-order valence-electron chi connectivity index (χ4n) is 1.10. The lowest BCUT2D eigenvalue weighted by atomic mass is 10.0. The molecule has 0 heterocycles. The molecule has 0 aromatic heterocycles. The van der Waals surface area contributed by atoms with Crippen LogP contribution in [0, 0.1) is 0 Å². The first-order chi connectivity index (χ1) is 5.08. The Balaban J connectivity index is 2.66. The second kappa shape index (κ2) is 3.31. The molecule has 0 bridgehead atoms. The van der Waals surface area contributed by atoms with Crippen LogP contribution in [0.1, 0.15) is 19.4 Å². The predicted molar refractivity (Wildman–Crippen MR) is 53.2 cm³/mol. The molecule has 0 spiro atoms. The number of hydrogen-bond donors (Lipinski definition) is 1. The van der Waals surface area contributed by atoms with Gasteiger partial charge in [-0.25, -0.2) is 0 Å². The van der Waals surface area contributed by atoms with Gasteiger partial charge in [-0.1, -0.05) is 44.2 Å². The molecule has 0 fully saturated rings. The third kappa shape index (κ3) is 3.47. The summed E-state index contributed by atoms with van der Waals surface area (Å²) in [6, 6.07) is 10.4. The fraction of sp³-hybridized carbons (Fsp3) is 0.400. The maximum Gasteiger partial charge on any atom is 0.0113 e. The first-order valence-electron chi connectivity index (χ1n) is 3.84. The van der Waals surface area contributed by atoms with E-state index in [9.17, 15) is 0 Å². The van der Waals surface area contributed by atoms with Crippen LogP contribution < -0.4 is 0 Å². The van der Waals surface area contributed by atoms with Crippen molar-refractivity contribution in [2.75, 3.05) is 0 Å². The van der Waals surface area contributed by atoms with Gasteiger partial charge in [0.1, 0.15) is 0 Å². The van der Waals surface area contributed by atoms with E-state index in [0.29, 0.717) is 0 Å². The molecule has 1 rings (SSSR count). The van der Waals surface area contributed by atoms with Gasteiger partial charge in [0.25, 0.3) is 0 Å². The second-order valence-corrected chi connectivity index (χ2v) is 4.69. The maximum absolute atomic E-state index is 4.47. The van der Waals surface area contributed by atoms with Crippen molar-refractivity contribution < 1.29 is 0 Å². The summed E-state index contributed by atoms with van der Waals surface area (Å²) in [6.07, 6.45) is 1.02. The molecule has 11 heavy (non-hydrogen) atoms. The third-order valence-corrected chi connectivity index (χ3v) is 1.64. The Kier molecular flexibility index (Phi) is 2.61. The van der Waals surface area contributed by atoms with Gasteiger partial charge in [-0.15, -0.1) is 0 Å². The number of benzene rings is 1. The Labute approximate surface area is 74.0 Å². The van der Waals surface area contributed by atoms with Gasteiger partial charge in [0, 0.05) is 4.75 Å². The summed E-state index contributed by atoms with van der Waals surface area (Å²) in [7, 11) is 0. The summed E-state index contributed by atoms with van der Waals surface area (Å²) in [5.41, 5.74) is 1.35. The van der Waals surface area contributed by atoms with Crippen LogP contribution in [0.2, 0.25) is 0 Å². The standard InChI is InChI=1S/C10H14S/c1-10(2,11)8-9-6-4-3-5-7-9/h3-7,11H,8H2,1-2H3. The largest absolute Gasteiger partial charge is 0.173 e. The average Bonchev–Trinajstić information content (AvgIpc) is 1.85. The molecular formula is C10H14S. The first-order valence-corrected chi connectivity index (χ1v) is 4.29. The Morgan fingerprint density at radius 1 is 1.18 bits per heavy atom. The van der Waals surface area contributed by atoms with E-state index in [1.54, 1.807) is 0 Å². The van der Waals surface area contributed by atoms with Gasteiger partial charge in [0.05, 0.1) is 0 Å². The molecule has 1 heteroatoms. The normalized spacial score (nSPS) is 11.5. The van der Waals surface area contributed by atoms with E-state index in [4.69, 9.17) is 0 Å². The van der Waals surface area contributed by atoms with Crippen molar-refractivity contribution in [2.45, 2.75) is 25.0 Å². The molecule has 0 nitrogen and oxygen atoms in total. The topological polar surface area (TPSA) is 0 Å². The molecule has 60 valence electrons. The average molecular weight is 166 g/mol. The Morgan fingerprint density at radius 2 is 1.73 bits per heavy atom. The summed E-state index contributed by atoms with van der Waals surface area (Å²) >= 11 is 4.47. The lowest BCUT2D eigenvalue weighted by Gasteiger charge is -2.16. The number of rotatable bonds is 2. The van der Waals surface area contributed by atoms with Crippen LogP contribution in [0.15, 0.2) is 30.3 Å². The minimum Gasteiger partial charge on any atom is -0.173 e. The summed E-state index contributed by atoms with van der Waals surface area (Å²) in [5.74, 6) is 0. The molecule has 0 saturated carbocycles. The molecule has 0 aliphatic heterocycles. The summed E-state index contributed by atoms with van der Waals surface area (Å²) in [5, 5.41) is 0.